The lowest BCUT2D eigenvalue weighted by atomic mass is 9.95. The SMILES string of the molecule is CCN(CC)CCN1C(=O)C(=O)/C(=C(\O)c2ccc(OC)c(OC)c2)C1c1cccc(OC)c1. The molecule has 8 heteroatoms. The highest BCUT2D eigenvalue weighted by molar-refractivity contribution is 6.46. The van der Waals surface area contributed by atoms with Crippen molar-refractivity contribution >= 4 is 17.4 Å². The molecule has 3 rings (SSSR count). The number of carbonyl (C=O) groups excluding carboxylic acids is 2. The van der Waals surface area contributed by atoms with Gasteiger partial charge in [0.1, 0.15) is 11.5 Å². The number of benzene rings is 2. The Labute approximate surface area is 200 Å². The van der Waals surface area contributed by atoms with Gasteiger partial charge in [-0.3, -0.25) is 9.59 Å². The van der Waals surface area contributed by atoms with E-state index < -0.39 is 17.7 Å². The van der Waals surface area contributed by atoms with Crippen molar-refractivity contribution in [3.8, 4) is 17.2 Å². The Kier molecular flexibility index (Phi) is 8.17. The first-order valence-corrected chi connectivity index (χ1v) is 11.3. The average Bonchev–Trinajstić information content (AvgIpc) is 3.13. The van der Waals surface area contributed by atoms with E-state index in [9.17, 15) is 14.7 Å². The number of hydrogen-bond acceptors (Lipinski definition) is 7. The van der Waals surface area contributed by atoms with E-state index in [-0.39, 0.29) is 11.3 Å². The number of likely N-dealkylation sites (N-methyl/N-ethyl adjacent to an activating group) is 1. The standard InChI is InChI=1S/C26H32N2O6/c1-6-27(7-2)13-14-28-23(17-9-8-10-19(15-17)32-3)22(25(30)26(28)31)24(29)18-11-12-20(33-4)21(16-18)34-5/h8-12,15-16,23,29H,6-7,13-14H2,1-5H3/b24-22-. The largest absolute Gasteiger partial charge is 0.507 e. The number of likely N-dealkylation sites (tertiary alicyclic amines) is 1. The number of methoxy groups -OCH3 is 3. The molecule has 1 saturated heterocycles. The van der Waals surface area contributed by atoms with Gasteiger partial charge in [-0.2, -0.15) is 0 Å². The van der Waals surface area contributed by atoms with Crippen LogP contribution >= 0.6 is 0 Å². The van der Waals surface area contributed by atoms with Crippen molar-refractivity contribution in [1.82, 2.24) is 9.80 Å². The van der Waals surface area contributed by atoms with Gasteiger partial charge in [0.15, 0.2) is 11.5 Å². The van der Waals surface area contributed by atoms with E-state index >= 15 is 0 Å². The zero-order valence-electron chi connectivity index (χ0n) is 20.3. The number of amides is 1. The van der Waals surface area contributed by atoms with Gasteiger partial charge >= 0.3 is 0 Å². The Morgan fingerprint density at radius 3 is 2.29 bits per heavy atom. The van der Waals surface area contributed by atoms with Crippen LogP contribution in [-0.4, -0.2) is 74.1 Å². The van der Waals surface area contributed by atoms with Gasteiger partial charge in [0, 0.05) is 18.7 Å². The van der Waals surface area contributed by atoms with Crippen molar-refractivity contribution in [1.29, 1.82) is 0 Å². The molecule has 1 fully saturated rings. The number of carbonyl (C=O) groups is 2. The minimum Gasteiger partial charge on any atom is -0.507 e. The number of aliphatic hydroxyl groups excluding tert-OH is 1. The van der Waals surface area contributed by atoms with E-state index in [1.54, 1.807) is 43.5 Å². The van der Waals surface area contributed by atoms with Crippen molar-refractivity contribution in [2.24, 2.45) is 0 Å². The summed E-state index contributed by atoms with van der Waals surface area (Å²) in [6.07, 6.45) is 0. The first kappa shape index (κ1) is 25.1. The summed E-state index contributed by atoms with van der Waals surface area (Å²) in [5.74, 6) is -0.139. The van der Waals surface area contributed by atoms with Crippen molar-refractivity contribution < 1.29 is 28.9 Å². The summed E-state index contributed by atoms with van der Waals surface area (Å²) in [5, 5.41) is 11.3. The second-order valence-electron chi connectivity index (χ2n) is 7.87. The van der Waals surface area contributed by atoms with Gasteiger partial charge in [-0.25, -0.2) is 0 Å². The summed E-state index contributed by atoms with van der Waals surface area (Å²) >= 11 is 0. The van der Waals surface area contributed by atoms with Crippen molar-refractivity contribution in [3.05, 3.63) is 59.2 Å². The smallest absolute Gasteiger partial charge is 0.295 e. The van der Waals surface area contributed by atoms with E-state index in [0.29, 0.717) is 41.5 Å². The lowest BCUT2D eigenvalue weighted by Gasteiger charge is -2.28. The molecule has 1 atom stereocenters. The molecule has 2 aromatic carbocycles. The maximum absolute atomic E-state index is 13.2. The van der Waals surface area contributed by atoms with Crippen LogP contribution in [0.15, 0.2) is 48.0 Å². The Morgan fingerprint density at radius 1 is 0.971 bits per heavy atom. The van der Waals surface area contributed by atoms with E-state index in [1.165, 1.54) is 19.1 Å². The van der Waals surface area contributed by atoms with Crippen LogP contribution in [0, 0.1) is 0 Å². The zero-order valence-corrected chi connectivity index (χ0v) is 20.3. The molecule has 182 valence electrons. The zero-order chi connectivity index (χ0) is 24.8. The van der Waals surface area contributed by atoms with Gasteiger partial charge in [0.05, 0.1) is 32.9 Å². The fraction of sp³-hybridized carbons (Fsp3) is 0.385. The summed E-state index contributed by atoms with van der Waals surface area (Å²) in [5.41, 5.74) is 1.07. The molecule has 0 saturated carbocycles. The molecule has 0 aromatic heterocycles. The second-order valence-corrected chi connectivity index (χ2v) is 7.87. The molecule has 1 unspecified atom stereocenters. The molecule has 1 heterocycles. The Balaban J connectivity index is 2.14. The Morgan fingerprint density at radius 2 is 1.68 bits per heavy atom. The molecule has 0 aliphatic carbocycles. The molecular formula is C26H32N2O6. The highest BCUT2D eigenvalue weighted by atomic mass is 16.5. The van der Waals surface area contributed by atoms with Crippen LogP contribution in [0.2, 0.25) is 0 Å². The highest BCUT2D eigenvalue weighted by Crippen LogP contribution is 2.41. The molecule has 0 radical (unpaired) electrons. The number of aliphatic hydroxyl groups is 1. The first-order chi connectivity index (χ1) is 16.4. The molecule has 1 aliphatic heterocycles. The third kappa shape index (κ3) is 4.87. The van der Waals surface area contributed by atoms with Gasteiger partial charge in [-0.05, 0) is 49.0 Å². The van der Waals surface area contributed by atoms with Crippen molar-refractivity contribution in [2.75, 3.05) is 47.5 Å². The molecule has 0 bridgehead atoms. The quantitative estimate of drug-likeness (QED) is 0.324. The van der Waals surface area contributed by atoms with Gasteiger partial charge < -0.3 is 29.1 Å². The lowest BCUT2D eigenvalue weighted by Crippen LogP contribution is -2.38. The van der Waals surface area contributed by atoms with Crippen LogP contribution in [0.3, 0.4) is 0 Å². The Hall–Kier alpha value is -3.52. The normalized spacial score (nSPS) is 17.4. The topological polar surface area (TPSA) is 88.5 Å². The van der Waals surface area contributed by atoms with Crippen molar-refractivity contribution in [3.63, 3.8) is 0 Å². The average molecular weight is 469 g/mol. The maximum Gasteiger partial charge on any atom is 0.295 e. The van der Waals surface area contributed by atoms with Crippen molar-refractivity contribution in [2.45, 2.75) is 19.9 Å². The molecule has 1 aliphatic rings. The third-order valence-electron chi connectivity index (χ3n) is 6.16. The van der Waals surface area contributed by atoms with Gasteiger partial charge in [-0.1, -0.05) is 26.0 Å². The second kappa shape index (κ2) is 11.1. The summed E-state index contributed by atoms with van der Waals surface area (Å²) in [6, 6.07) is 11.3. The minimum absolute atomic E-state index is 0.0324. The molecule has 0 spiro atoms. The predicted octanol–water partition coefficient (Wildman–Crippen LogP) is 3.48. The number of ketones is 1. The summed E-state index contributed by atoms with van der Waals surface area (Å²) in [4.78, 5) is 30.1. The minimum atomic E-state index is -0.751. The van der Waals surface area contributed by atoms with E-state index in [0.717, 1.165) is 13.1 Å². The summed E-state index contributed by atoms with van der Waals surface area (Å²) in [6.45, 7) is 6.71. The van der Waals surface area contributed by atoms with Gasteiger partial charge in [0.25, 0.3) is 11.7 Å². The molecule has 8 nitrogen and oxygen atoms in total. The van der Waals surface area contributed by atoms with Crippen LogP contribution in [0.5, 0.6) is 17.2 Å². The third-order valence-corrected chi connectivity index (χ3v) is 6.16. The van der Waals surface area contributed by atoms with Crippen LogP contribution in [0.25, 0.3) is 5.76 Å². The van der Waals surface area contributed by atoms with Crippen LogP contribution in [0.4, 0.5) is 0 Å². The summed E-state index contributed by atoms with van der Waals surface area (Å²) in [7, 11) is 4.56. The number of ether oxygens (including phenoxy) is 3. The van der Waals surface area contributed by atoms with Crippen LogP contribution in [-0.2, 0) is 9.59 Å². The number of nitrogens with zero attached hydrogens (tertiary/aromatic N) is 2. The maximum atomic E-state index is 13.2. The van der Waals surface area contributed by atoms with E-state index in [4.69, 9.17) is 14.2 Å². The molecule has 1 N–H and O–H groups in total. The number of Topliss-reactive ketones (excluding diaryl/α,β-unsaturated/α-hetero) is 1. The summed E-state index contributed by atoms with van der Waals surface area (Å²) < 4.78 is 16.0. The first-order valence-electron chi connectivity index (χ1n) is 11.3. The highest BCUT2D eigenvalue weighted by Gasteiger charge is 2.46. The Bertz CT molecular complexity index is 1080. The van der Waals surface area contributed by atoms with E-state index in [2.05, 4.69) is 4.90 Å². The lowest BCUT2D eigenvalue weighted by molar-refractivity contribution is -0.140. The van der Waals surface area contributed by atoms with Crippen LogP contribution < -0.4 is 14.2 Å². The molecule has 34 heavy (non-hydrogen) atoms. The fourth-order valence-electron chi connectivity index (χ4n) is 4.20. The molecule has 1 amide bonds. The predicted molar refractivity (Wildman–Crippen MR) is 129 cm³/mol. The number of rotatable bonds is 10. The van der Waals surface area contributed by atoms with E-state index in [1.807, 2.05) is 19.9 Å². The van der Waals surface area contributed by atoms with Gasteiger partial charge in [0.2, 0.25) is 0 Å². The molecular weight excluding hydrogens is 436 g/mol. The van der Waals surface area contributed by atoms with Gasteiger partial charge in [-0.15, -0.1) is 0 Å². The molecule has 2 aromatic rings. The monoisotopic (exact) mass is 468 g/mol. The number of hydrogen-bond donors (Lipinski definition) is 1. The fourth-order valence-corrected chi connectivity index (χ4v) is 4.20. The van der Waals surface area contributed by atoms with Crippen LogP contribution in [0.1, 0.15) is 31.0 Å².